The summed E-state index contributed by atoms with van der Waals surface area (Å²) in [6.45, 7) is 2.55. The maximum Gasteiger partial charge on any atom is 0.131 e. The van der Waals surface area contributed by atoms with Gasteiger partial charge in [-0.25, -0.2) is 0 Å². The van der Waals surface area contributed by atoms with Crippen LogP contribution in [0.4, 0.5) is 0 Å². The molecule has 2 aliphatic heterocycles. The molecule has 1 spiro atoms. The van der Waals surface area contributed by atoms with Crippen LogP contribution in [0.2, 0.25) is 0 Å². The van der Waals surface area contributed by atoms with Crippen molar-refractivity contribution in [3.63, 3.8) is 0 Å². The highest BCUT2D eigenvalue weighted by Gasteiger charge is 2.45. The molecular formula is C9H11NO2. The van der Waals surface area contributed by atoms with Crippen molar-refractivity contribution >= 4 is 0 Å². The third kappa shape index (κ3) is 0.678. The maximum absolute atomic E-state index is 5.47. The monoisotopic (exact) mass is 165 g/mol. The van der Waals surface area contributed by atoms with Gasteiger partial charge in [0, 0.05) is 6.54 Å². The van der Waals surface area contributed by atoms with Crippen molar-refractivity contribution in [1.29, 1.82) is 0 Å². The summed E-state index contributed by atoms with van der Waals surface area (Å²) in [5, 5.41) is 3.46. The van der Waals surface area contributed by atoms with Gasteiger partial charge < -0.3 is 14.5 Å². The standard InChI is InChI=1S/C9H11NO2/c1-3-10-9(5-11-6-9)8-7(1)2-4-12-8/h2,4,10H,1,3,5-6H2. The van der Waals surface area contributed by atoms with Gasteiger partial charge in [-0.05, 0) is 18.1 Å². The fourth-order valence-corrected chi connectivity index (χ4v) is 2.01. The maximum atomic E-state index is 5.47. The highest BCUT2D eigenvalue weighted by atomic mass is 16.5. The van der Waals surface area contributed by atoms with E-state index < -0.39 is 0 Å². The number of nitrogens with one attached hydrogen (secondary N) is 1. The van der Waals surface area contributed by atoms with Crippen molar-refractivity contribution in [2.24, 2.45) is 0 Å². The lowest BCUT2D eigenvalue weighted by atomic mass is 9.87. The zero-order valence-electron chi connectivity index (χ0n) is 6.80. The van der Waals surface area contributed by atoms with Crippen LogP contribution in [-0.2, 0) is 16.7 Å². The van der Waals surface area contributed by atoms with Crippen molar-refractivity contribution in [3.05, 3.63) is 23.7 Å². The minimum absolute atomic E-state index is 0.0249. The Hall–Kier alpha value is -0.800. The molecule has 2 aliphatic rings. The number of ether oxygens (including phenoxy) is 1. The van der Waals surface area contributed by atoms with Crippen molar-refractivity contribution in [1.82, 2.24) is 5.32 Å². The molecular weight excluding hydrogens is 154 g/mol. The second kappa shape index (κ2) is 2.12. The van der Waals surface area contributed by atoms with Gasteiger partial charge in [-0.3, -0.25) is 0 Å². The van der Waals surface area contributed by atoms with Crippen LogP contribution in [0.3, 0.4) is 0 Å². The lowest BCUT2D eigenvalue weighted by Gasteiger charge is -2.43. The van der Waals surface area contributed by atoms with E-state index in [-0.39, 0.29) is 5.54 Å². The van der Waals surface area contributed by atoms with Crippen molar-refractivity contribution in [3.8, 4) is 0 Å². The number of furan rings is 1. The van der Waals surface area contributed by atoms with Crippen LogP contribution < -0.4 is 5.32 Å². The molecule has 1 aromatic heterocycles. The van der Waals surface area contributed by atoms with E-state index >= 15 is 0 Å². The molecule has 0 amide bonds. The first-order chi connectivity index (χ1) is 5.91. The molecule has 0 aromatic carbocycles. The normalized spacial score (nSPS) is 25.0. The molecule has 12 heavy (non-hydrogen) atoms. The number of hydrogen-bond donors (Lipinski definition) is 1. The van der Waals surface area contributed by atoms with Gasteiger partial charge in [0.1, 0.15) is 11.3 Å². The molecule has 3 nitrogen and oxygen atoms in total. The molecule has 64 valence electrons. The smallest absolute Gasteiger partial charge is 0.131 e. The first-order valence-electron chi connectivity index (χ1n) is 4.30. The summed E-state index contributed by atoms with van der Waals surface area (Å²) in [7, 11) is 0. The van der Waals surface area contributed by atoms with Crippen molar-refractivity contribution < 1.29 is 9.15 Å². The molecule has 0 radical (unpaired) electrons. The first-order valence-corrected chi connectivity index (χ1v) is 4.30. The summed E-state index contributed by atoms with van der Waals surface area (Å²) >= 11 is 0. The Bertz CT molecular complexity index is 301. The van der Waals surface area contributed by atoms with Gasteiger partial charge in [0.15, 0.2) is 0 Å². The number of fused-ring (bicyclic) bond motifs is 2. The minimum Gasteiger partial charge on any atom is -0.467 e. The Morgan fingerprint density at radius 2 is 2.33 bits per heavy atom. The van der Waals surface area contributed by atoms with Crippen molar-refractivity contribution in [2.45, 2.75) is 12.0 Å². The number of hydrogen-bond acceptors (Lipinski definition) is 3. The molecule has 1 aromatic rings. The fourth-order valence-electron chi connectivity index (χ4n) is 2.01. The largest absolute Gasteiger partial charge is 0.467 e. The predicted molar refractivity (Wildman–Crippen MR) is 42.9 cm³/mol. The molecule has 3 heterocycles. The summed E-state index contributed by atoms with van der Waals surface area (Å²) in [6, 6.07) is 2.07. The lowest BCUT2D eigenvalue weighted by molar-refractivity contribution is -0.0917. The topological polar surface area (TPSA) is 34.4 Å². The van der Waals surface area contributed by atoms with E-state index in [1.165, 1.54) is 5.56 Å². The Morgan fingerprint density at radius 1 is 1.42 bits per heavy atom. The van der Waals surface area contributed by atoms with Crippen LogP contribution in [0.1, 0.15) is 11.3 Å². The second-order valence-electron chi connectivity index (χ2n) is 3.53. The van der Waals surface area contributed by atoms with Crippen LogP contribution in [0.25, 0.3) is 0 Å². The molecule has 0 bridgehead atoms. The summed E-state index contributed by atoms with van der Waals surface area (Å²) in [4.78, 5) is 0. The third-order valence-corrected chi connectivity index (χ3v) is 2.74. The van der Waals surface area contributed by atoms with Crippen LogP contribution >= 0.6 is 0 Å². The van der Waals surface area contributed by atoms with E-state index in [1.54, 1.807) is 6.26 Å². The zero-order chi connectivity index (χ0) is 8.02. The average molecular weight is 165 g/mol. The van der Waals surface area contributed by atoms with Crippen molar-refractivity contribution in [2.75, 3.05) is 19.8 Å². The van der Waals surface area contributed by atoms with Crippen LogP contribution in [0.15, 0.2) is 16.7 Å². The van der Waals surface area contributed by atoms with Gasteiger partial charge >= 0.3 is 0 Å². The molecule has 0 aliphatic carbocycles. The molecule has 0 unspecified atom stereocenters. The molecule has 0 atom stereocenters. The summed E-state index contributed by atoms with van der Waals surface area (Å²) < 4.78 is 10.7. The van der Waals surface area contributed by atoms with E-state index in [2.05, 4.69) is 11.4 Å². The van der Waals surface area contributed by atoms with Gasteiger partial charge in [-0.1, -0.05) is 0 Å². The Balaban J connectivity index is 2.09. The van der Waals surface area contributed by atoms with Gasteiger partial charge in [-0.2, -0.15) is 0 Å². The molecule has 1 fully saturated rings. The second-order valence-corrected chi connectivity index (χ2v) is 3.53. The van der Waals surface area contributed by atoms with Gasteiger partial charge in [-0.15, -0.1) is 0 Å². The summed E-state index contributed by atoms with van der Waals surface area (Å²) in [5.74, 6) is 1.10. The Kier molecular flexibility index (Phi) is 1.18. The Morgan fingerprint density at radius 3 is 3.08 bits per heavy atom. The van der Waals surface area contributed by atoms with Crippen LogP contribution in [-0.4, -0.2) is 19.8 Å². The zero-order valence-corrected chi connectivity index (χ0v) is 6.80. The predicted octanol–water partition coefficient (Wildman–Crippen LogP) is 0.651. The SMILES string of the molecule is c1cc2c(o1)C1(COC1)NCC2. The Labute approximate surface area is 70.7 Å². The van der Waals surface area contributed by atoms with E-state index in [4.69, 9.17) is 9.15 Å². The highest BCUT2D eigenvalue weighted by molar-refractivity contribution is 5.30. The third-order valence-electron chi connectivity index (χ3n) is 2.74. The van der Waals surface area contributed by atoms with E-state index in [0.717, 1.165) is 31.9 Å². The highest BCUT2D eigenvalue weighted by Crippen LogP contribution is 2.35. The van der Waals surface area contributed by atoms with Gasteiger partial charge in [0.05, 0.1) is 19.5 Å². The molecule has 1 N–H and O–H groups in total. The average Bonchev–Trinajstić information content (AvgIpc) is 2.47. The van der Waals surface area contributed by atoms with Gasteiger partial charge in [0.2, 0.25) is 0 Å². The lowest BCUT2D eigenvalue weighted by Crippen LogP contribution is -2.60. The van der Waals surface area contributed by atoms with Gasteiger partial charge in [0.25, 0.3) is 0 Å². The molecule has 1 saturated heterocycles. The fraction of sp³-hybridized carbons (Fsp3) is 0.556. The molecule has 0 saturated carbocycles. The molecule has 3 heteroatoms. The minimum atomic E-state index is 0.0249. The molecule has 3 rings (SSSR count). The van der Waals surface area contributed by atoms with Crippen LogP contribution in [0.5, 0.6) is 0 Å². The quantitative estimate of drug-likeness (QED) is 0.613. The first kappa shape index (κ1) is 6.69. The van der Waals surface area contributed by atoms with E-state index in [9.17, 15) is 0 Å². The summed E-state index contributed by atoms with van der Waals surface area (Å²) in [5.41, 5.74) is 1.37. The van der Waals surface area contributed by atoms with E-state index in [0.29, 0.717) is 0 Å². The van der Waals surface area contributed by atoms with E-state index in [1.807, 2.05) is 0 Å². The van der Waals surface area contributed by atoms with Crippen LogP contribution in [0, 0.1) is 0 Å². The summed E-state index contributed by atoms with van der Waals surface area (Å²) in [6.07, 6.45) is 2.85. The number of rotatable bonds is 0.